The van der Waals surface area contributed by atoms with Gasteiger partial charge in [-0.1, -0.05) is 36.0 Å². The first-order valence-electron chi connectivity index (χ1n) is 7.46. The van der Waals surface area contributed by atoms with Crippen molar-refractivity contribution in [3.63, 3.8) is 0 Å². The molecule has 134 valence electrons. The van der Waals surface area contributed by atoms with E-state index in [0.29, 0.717) is 12.1 Å². The number of rotatable bonds is 7. The number of aryl methyl sites for hydroxylation is 2. The second kappa shape index (κ2) is 8.17. The summed E-state index contributed by atoms with van der Waals surface area (Å²) in [5, 5.41) is 13.4. The van der Waals surface area contributed by atoms with E-state index in [-0.39, 0.29) is 5.13 Å². The highest BCUT2D eigenvalue weighted by atomic mass is 32.2. The number of hydrogen-bond acceptors (Lipinski definition) is 7. The van der Waals surface area contributed by atoms with Crippen LogP contribution in [0.5, 0.6) is 0 Å². The molecule has 1 aromatic carbocycles. The van der Waals surface area contributed by atoms with Crippen LogP contribution in [0.1, 0.15) is 17.5 Å². The summed E-state index contributed by atoms with van der Waals surface area (Å²) in [5.74, 6) is -3.01. The van der Waals surface area contributed by atoms with Gasteiger partial charge in [-0.15, -0.1) is 10.2 Å². The second-order valence-corrected chi connectivity index (χ2v) is 8.48. The van der Waals surface area contributed by atoms with E-state index >= 15 is 0 Å². The Labute approximate surface area is 149 Å². The Hall–Kier alpha value is -2.33. The Balaban J connectivity index is 1.88. The third kappa shape index (κ3) is 6.24. The number of nitrogens with one attached hydrogen (secondary N) is 2. The predicted octanol–water partition coefficient (Wildman–Crippen LogP) is 1.40. The molecular weight excluding hydrogens is 364 g/mol. The van der Waals surface area contributed by atoms with Crippen molar-refractivity contribution < 1.29 is 18.0 Å². The van der Waals surface area contributed by atoms with Gasteiger partial charge in [-0.2, -0.15) is 0 Å². The molecule has 0 fully saturated rings. The van der Waals surface area contributed by atoms with Crippen molar-refractivity contribution in [1.82, 2.24) is 10.2 Å². The summed E-state index contributed by atoms with van der Waals surface area (Å²) < 4.78 is 24.0. The van der Waals surface area contributed by atoms with E-state index in [4.69, 9.17) is 0 Å². The monoisotopic (exact) mass is 382 g/mol. The van der Waals surface area contributed by atoms with E-state index in [1.165, 1.54) is 11.3 Å². The number of carbonyl (C=O) groups excluding carboxylic acids is 2. The fourth-order valence-corrected chi connectivity index (χ4v) is 3.63. The predicted molar refractivity (Wildman–Crippen MR) is 96.4 cm³/mol. The van der Waals surface area contributed by atoms with Gasteiger partial charge in [0.25, 0.3) is 0 Å². The molecule has 0 saturated heterocycles. The number of benzene rings is 1. The summed E-state index contributed by atoms with van der Waals surface area (Å²) in [7, 11) is -3.89. The van der Waals surface area contributed by atoms with Crippen LogP contribution in [0, 0.1) is 6.92 Å². The minimum Gasteiger partial charge on any atom is -0.325 e. The van der Waals surface area contributed by atoms with E-state index < -0.39 is 33.2 Å². The van der Waals surface area contributed by atoms with Gasteiger partial charge in [0, 0.05) is 5.69 Å². The van der Waals surface area contributed by atoms with E-state index in [2.05, 4.69) is 20.8 Å². The lowest BCUT2D eigenvalue weighted by atomic mass is 10.2. The lowest BCUT2D eigenvalue weighted by Gasteiger charge is -2.06. The molecule has 25 heavy (non-hydrogen) atoms. The summed E-state index contributed by atoms with van der Waals surface area (Å²) in [5.41, 5.74) is 1.52. The first kappa shape index (κ1) is 19.0. The van der Waals surface area contributed by atoms with Crippen LogP contribution in [0.3, 0.4) is 0 Å². The smallest absolute Gasteiger partial charge is 0.241 e. The maximum atomic E-state index is 12.0. The van der Waals surface area contributed by atoms with Crippen LogP contribution < -0.4 is 10.6 Å². The quantitative estimate of drug-likeness (QED) is 0.747. The third-order valence-corrected chi connectivity index (χ3v) is 5.44. The van der Waals surface area contributed by atoms with Crippen molar-refractivity contribution in [1.29, 1.82) is 0 Å². The van der Waals surface area contributed by atoms with E-state index in [0.717, 1.165) is 10.6 Å². The summed E-state index contributed by atoms with van der Waals surface area (Å²) >= 11 is 1.18. The topological polar surface area (TPSA) is 118 Å². The highest BCUT2D eigenvalue weighted by molar-refractivity contribution is 7.92. The number of aromatic nitrogens is 2. The van der Waals surface area contributed by atoms with Gasteiger partial charge in [0.2, 0.25) is 16.9 Å². The number of anilines is 2. The number of sulfone groups is 1. The van der Waals surface area contributed by atoms with Crippen LogP contribution in [0.25, 0.3) is 0 Å². The average Bonchev–Trinajstić information content (AvgIpc) is 2.95. The molecule has 10 heteroatoms. The van der Waals surface area contributed by atoms with Crippen molar-refractivity contribution >= 4 is 43.8 Å². The molecule has 0 unspecified atom stereocenters. The molecule has 0 saturated carbocycles. The average molecular weight is 382 g/mol. The molecule has 2 N–H and O–H groups in total. The highest BCUT2D eigenvalue weighted by Gasteiger charge is 2.21. The summed E-state index contributed by atoms with van der Waals surface area (Å²) in [6.45, 7) is 3.79. The van der Waals surface area contributed by atoms with Crippen molar-refractivity contribution in [3.05, 3.63) is 34.8 Å². The molecule has 0 atom stereocenters. The van der Waals surface area contributed by atoms with Gasteiger partial charge >= 0.3 is 0 Å². The molecule has 0 aliphatic rings. The lowest BCUT2D eigenvalue weighted by Crippen LogP contribution is -2.30. The minimum atomic E-state index is -3.89. The number of carbonyl (C=O) groups is 2. The molecule has 2 rings (SSSR count). The van der Waals surface area contributed by atoms with Crippen LogP contribution in [-0.2, 0) is 25.8 Å². The molecule has 0 aliphatic carbocycles. The molecule has 1 aromatic heterocycles. The maximum absolute atomic E-state index is 12.0. The molecule has 2 amide bonds. The Morgan fingerprint density at radius 2 is 1.64 bits per heavy atom. The van der Waals surface area contributed by atoms with Crippen LogP contribution in [0.4, 0.5) is 10.8 Å². The third-order valence-electron chi connectivity index (χ3n) is 3.05. The minimum absolute atomic E-state index is 0.237. The molecule has 8 nitrogen and oxygen atoms in total. The van der Waals surface area contributed by atoms with Gasteiger partial charge in [0.05, 0.1) is 0 Å². The Morgan fingerprint density at radius 1 is 1.04 bits per heavy atom. The summed E-state index contributed by atoms with van der Waals surface area (Å²) in [4.78, 5) is 23.7. The summed E-state index contributed by atoms with van der Waals surface area (Å²) in [6.07, 6.45) is 0.672. The number of hydrogen-bond donors (Lipinski definition) is 2. The molecule has 2 aromatic rings. The standard InChI is InChI=1S/C15H18N4O4S2/c1-3-14-18-19-15(24-14)17-13(21)9-25(22,23)8-12(20)16-11-6-4-10(2)5-7-11/h4-7H,3,8-9H2,1-2H3,(H,16,20)(H,17,19,21). The molecule has 0 bridgehead atoms. The first-order valence-corrected chi connectivity index (χ1v) is 10.1. The van der Waals surface area contributed by atoms with Gasteiger partial charge in [-0.25, -0.2) is 8.42 Å². The highest BCUT2D eigenvalue weighted by Crippen LogP contribution is 2.15. The van der Waals surface area contributed by atoms with Crippen molar-refractivity contribution in [3.8, 4) is 0 Å². The Morgan fingerprint density at radius 3 is 2.20 bits per heavy atom. The largest absolute Gasteiger partial charge is 0.325 e. The van der Waals surface area contributed by atoms with Gasteiger partial charge < -0.3 is 5.32 Å². The fraction of sp³-hybridized carbons (Fsp3) is 0.333. The zero-order chi connectivity index (χ0) is 18.4. The van der Waals surface area contributed by atoms with Crippen molar-refractivity contribution in [2.75, 3.05) is 22.1 Å². The zero-order valence-electron chi connectivity index (χ0n) is 13.8. The van der Waals surface area contributed by atoms with Gasteiger partial charge in [-0.05, 0) is 25.5 Å². The number of amides is 2. The van der Waals surface area contributed by atoms with E-state index in [1.54, 1.807) is 24.3 Å². The van der Waals surface area contributed by atoms with Crippen LogP contribution in [0.15, 0.2) is 24.3 Å². The molecular formula is C15H18N4O4S2. The van der Waals surface area contributed by atoms with Gasteiger partial charge in [0.15, 0.2) is 9.84 Å². The zero-order valence-corrected chi connectivity index (χ0v) is 15.4. The van der Waals surface area contributed by atoms with Gasteiger partial charge in [0.1, 0.15) is 16.5 Å². The molecule has 0 aliphatic heterocycles. The van der Waals surface area contributed by atoms with Crippen LogP contribution in [0.2, 0.25) is 0 Å². The van der Waals surface area contributed by atoms with Crippen LogP contribution >= 0.6 is 11.3 Å². The van der Waals surface area contributed by atoms with Gasteiger partial charge in [-0.3, -0.25) is 14.9 Å². The second-order valence-electron chi connectivity index (χ2n) is 5.35. The number of nitrogens with zero attached hydrogens (tertiary/aromatic N) is 2. The normalized spacial score (nSPS) is 11.1. The first-order chi connectivity index (χ1) is 11.8. The lowest BCUT2D eigenvalue weighted by molar-refractivity contribution is -0.114. The fourth-order valence-electron chi connectivity index (χ4n) is 1.89. The Kier molecular flexibility index (Phi) is 6.21. The van der Waals surface area contributed by atoms with Crippen molar-refractivity contribution in [2.24, 2.45) is 0 Å². The SMILES string of the molecule is CCc1nnc(NC(=O)CS(=O)(=O)CC(=O)Nc2ccc(C)cc2)s1. The van der Waals surface area contributed by atoms with Crippen molar-refractivity contribution in [2.45, 2.75) is 20.3 Å². The van der Waals surface area contributed by atoms with E-state index in [9.17, 15) is 18.0 Å². The maximum Gasteiger partial charge on any atom is 0.241 e. The summed E-state index contributed by atoms with van der Waals surface area (Å²) in [6, 6.07) is 6.94. The molecule has 0 radical (unpaired) electrons. The molecule has 0 spiro atoms. The van der Waals surface area contributed by atoms with Crippen LogP contribution in [-0.4, -0.2) is 41.9 Å². The van der Waals surface area contributed by atoms with E-state index in [1.807, 2.05) is 13.8 Å². The Bertz CT molecular complexity index is 860. The molecule has 1 heterocycles.